The second kappa shape index (κ2) is 7.75. The van der Waals surface area contributed by atoms with E-state index in [0.29, 0.717) is 12.3 Å². The average Bonchev–Trinajstić information content (AvgIpc) is 3.08. The first kappa shape index (κ1) is 21.0. The minimum atomic E-state index is -4.52. The van der Waals surface area contributed by atoms with Crippen LogP contribution in [0.15, 0.2) is 51.9 Å². The summed E-state index contributed by atoms with van der Waals surface area (Å²) in [5.74, 6) is 1.42. The number of aliphatic imine (C=N–C) groups is 1. The zero-order valence-electron chi connectivity index (χ0n) is 17.0. The lowest BCUT2D eigenvalue weighted by atomic mass is 9.98. The van der Waals surface area contributed by atoms with E-state index in [1.165, 1.54) is 6.21 Å². The summed E-state index contributed by atoms with van der Waals surface area (Å²) < 4.78 is 51.9. The number of fused-ring (bicyclic) bond motifs is 1. The number of aromatic nitrogens is 2. The van der Waals surface area contributed by atoms with Crippen molar-refractivity contribution in [3.63, 3.8) is 0 Å². The third kappa shape index (κ3) is 4.57. The van der Waals surface area contributed by atoms with Gasteiger partial charge in [0.05, 0.1) is 0 Å². The van der Waals surface area contributed by atoms with Gasteiger partial charge in [0.15, 0.2) is 0 Å². The summed E-state index contributed by atoms with van der Waals surface area (Å²) in [6.07, 6.45) is -2.08. The fourth-order valence-corrected chi connectivity index (χ4v) is 3.46. The Morgan fingerprint density at radius 2 is 1.94 bits per heavy atom. The van der Waals surface area contributed by atoms with Crippen molar-refractivity contribution in [1.29, 1.82) is 0 Å². The molecule has 4 rings (SSSR count). The van der Waals surface area contributed by atoms with Crippen LogP contribution < -0.4 is 20.1 Å². The number of nitrogens with zero attached hydrogens (tertiary/aromatic N) is 4. The van der Waals surface area contributed by atoms with Crippen LogP contribution >= 0.6 is 0 Å². The lowest BCUT2D eigenvalue weighted by Gasteiger charge is -2.29. The molecule has 1 aromatic heterocycles. The molecule has 0 N–H and O–H groups in total. The number of halogens is 3. The summed E-state index contributed by atoms with van der Waals surface area (Å²) in [6, 6.07) is 8.54. The van der Waals surface area contributed by atoms with E-state index in [4.69, 9.17) is 9.47 Å². The molecular weight excluding hydrogens is 413 g/mol. The summed E-state index contributed by atoms with van der Waals surface area (Å²) >= 11 is 0. The predicted octanol–water partition coefficient (Wildman–Crippen LogP) is 3.33. The lowest BCUT2D eigenvalue weighted by molar-refractivity contribution is -0.0941. The third-order valence-electron chi connectivity index (χ3n) is 5.14. The molecule has 7 nitrogen and oxygen atoms in total. The van der Waals surface area contributed by atoms with E-state index in [1.54, 1.807) is 41.8 Å². The number of ether oxygens (including phenoxy) is 2. The summed E-state index contributed by atoms with van der Waals surface area (Å²) in [5.41, 5.74) is -1.66. The number of anilines is 1. The summed E-state index contributed by atoms with van der Waals surface area (Å²) in [6.45, 7) is 3.11. The molecule has 0 spiro atoms. The monoisotopic (exact) mass is 434 g/mol. The Labute approximate surface area is 176 Å². The Balaban J connectivity index is 1.41. The Bertz CT molecular complexity index is 1090. The van der Waals surface area contributed by atoms with Crippen LogP contribution in [0.2, 0.25) is 0 Å². The molecule has 0 amide bonds. The van der Waals surface area contributed by atoms with Gasteiger partial charge >= 0.3 is 11.9 Å². The molecule has 0 saturated heterocycles. The molecule has 0 bridgehead atoms. The molecule has 164 valence electrons. The molecular formula is C21H21F3N4O3. The SMILES string of the molecule is CN1CCn2c1cc(OCc1ccc(OC3(C)C=C(C(F)(F)F)N=CC3)cc1)nc2=O. The molecule has 0 aliphatic carbocycles. The van der Waals surface area contributed by atoms with Crippen LogP contribution in [0.1, 0.15) is 18.9 Å². The van der Waals surface area contributed by atoms with Gasteiger partial charge in [0.2, 0.25) is 5.88 Å². The molecule has 2 aliphatic heterocycles. The molecule has 1 atom stereocenters. The zero-order chi connectivity index (χ0) is 22.2. The number of benzene rings is 1. The van der Waals surface area contributed by atoms with Crippen molar-refractivity contribution in [1.82, 2.24) is 9.55 Å². The molecule has 31 heavy (non-hydrogen) atoms. The Kier molecular flexibility index (Phi) is 5.24. The van der Waals surface area contributed by atoms with Crippen LogP contribution in [0.25, 0.3) is 0 Å². The standard InChI is InChI=1S/C21H21F3N4O3/c1-20(7-8-25-16(12-20)21(22,23)24)31-15-5-3-14(4-6-15)13-30-17-11-18-27(2)9-10-28(18)19(29)26-17/h3-6,8,11-12H,7,9-10,13H2,1-2H3. The minimum Gasteiger partial charge on any atom is -0.483 e. The average molecular weight is 434 g/mol. The maximum absolute atomic E-state index is 12.9. The summed E-state index contributed by atoms with van der Waals surface area (Å²) in [5, 5.41) is 0. The molecule has 2 aliphatic rings. The predicted molar refractivity (Wildman–Crippen MR) is 109 cm³/mol. The first-order valence-electron chi connectivity index (χ1n) is 9.69. The fraction of sp³-hybridized carbons (Fsp3) is 0.381. The normalized spacial score (nSPS) is 20.4. The van der Waals surface area contributed by atoms with Gasteiger partial charge in [0, 0.05) is 38.8 Å². The highest BCUT2D eigenvalue weighted by Gasteiger charge is 2.39. The number of allylic oxidation sites excluding steroid dienone is 1. The van der Waals surface area contributed by atoms with Crippen molar-refractivity contribution in [3.05, 3.63) is 58.2 Å². The topological polar surface area (TPSA) is 68.9 Å². The maximum atomic E-state index is 12.9. The van der Waals surface area contributed by atoms with Crippen molar-refractivity contribution in [2.24, 2.45) is 4.99 Å². The molecule has 0 radical (unpaired) electrons. The molecule has 0 saturated carbocycles. The minimum absolute atomic E-state index is 0.182. The van der Waals surface area contributed by atoms with Crippen molar-refractivity contribution in [2.45, 2.75) is 38.3 Å². The summed E-state index contributed by atoms with van der Waals surface area (Å²) in [7, 11) is 1.90. The Morgan fingerprint density at radius 3 is 2.65 bits per heavy atom. The highest BCUT2D eigenvalue weighted by Crippen LogP contribution is 2.34. The molecule has 3 heterocycles. The van der Waals surface area contributed by atoms with Gasteiger partial charge < -0.3 is 14.4 Å². The van der Waals surface area contributed by atoms with Gasteiger partial charge in [-0.3, -0.25) is 9.56 Å². The number of rotatable bonds is 5. The van der Waals surface area contributed by atoms with Crippen LogP contribution in [0.4, 0.5) is 19.0 Å². The molecule has 1 unspecified atom stereocenters. The van der Waals surface area contributed by atoms with Crippen molar-refractivity contribution < 1.29 is 22.6 Å². The third-order valence-corrected chi connectivity index (χ3v) is 5.14. The smallest absolute Gasteiger partial charge is 0.433 e. The Hall–Kier alpha value is -3.30. The van der Waals surface area contributed by atoms with Crippen LogP contribution in [0.3, 0.4) is 0 Å². The van der Waals surface area contributed by atoms with Gasteiger partial charge in [0.1, 0.15) is 29.5 Å². The highest BCUT2D eigenvalue weighted by molar-refractivity contribution is 5.64. The lowest BCUT2D eigenvalue weighted by Crippen LogP contribution is -2.34. The van der Waals surface area contributed by atoms with E-state index >= 15 is 0 Å². The van der Waals surface area contributed by atoms with Gasteiger partial charge in [-0.1, -0.05) is 12.1 Å². The number of likely N-dealkylation sites (N-methyl/N-ethyl adjacent to an activating group) is 1. The second-order valence-electron chi connectivity index (χ2n) is 7.70. The molecule has 2 aromatic rings. The van der Waals surface area contributed by atoms with Gasteiger partial charge in [-0.15, -0.1) is 0 Å². The van der Waals surface area contributed by atoms with Crippen LogP contribution in [0.5, 0.6) is 11.6 Å². The Morgan fingerprint density at radius 1 is 1.19 bits per heavy atom. The fourth-order valence-electron chi connectivity index (χ4n) is 3.46. The van der Waals surface area contributed by atoms with E-state index in [0.717, 1.165) is 24.0 Å². The first-order chi connectivity index (χ1) is 14.6. The maximum Gasteiger partial charge on any atom is 0.433 e. The summed E-state index contributed by atoms with van der Waals surface area (Å²) in [4.78, 5) is 21.4. The largest absolute Gasteiger partial charge is 0.483 e. The first-order valence-corrected chi connectivity index (χ1v) is 9.69. The second-order valence-corrected chi connectivity index (χ2v) is 7.70. The van der Waals surface area contributed by atoms with E-state index < -0.39 is 17.5 Å². The van der Waals surface area contributed by atoms with E-state index in [-0.39, 0.29) is 24.6 Å². The zero-order valence-corrected chi connectivity index (χ0v) is 17.0. The number of hydrogen-bond acceptors (Lipinski definition) is 6. The van der Waals surface area contributed by atoms with E-state index in [1.807, 2.05) is 11.9 Å². The van der Waals surface area contributed by atoms with Crippen molar-refractivity contribution in [2.75, 3.05) is 18.5 Å². The highest BCUT2D eigenvalue weighted by atomic mass is 19.4. The van der Waals surface area contributed by atoms with Gasteiger partial charge in [0.25, 0.3) is 0 Å². The van der Waals surface area contributed by atoms with Gasteiger partial charge in [-0.2, -0.15) is 18.2 Å². The van der Waals surface area contributed by atoms with Crippen molar-refractivity contribution in [3.8, 4) is 11.6 Å². The molecule has 0 fully saturated rings. The van der Waals surface area contributed by atoms with Crippen LogP contribution in [-0.2, 0) is 13.2 Å². The van der Waals surface area contributed by atoms with Gasteiger partial charge in [-0.05, 0) is 30.7 Å². The quantitative estimate of drug-likeness (QED) is 0.722. The van der Waals surface area contributed by atoms with Crippen molar-refractivity contribution >= 4 is 12.0 Å². The van der Waals surface area contributed by atoms with Crippen LogP contribution in [0, 0.1) is 0 Å². The molecule has 1 aromatic carbocycles. The van der Waals surface area contributed by atoms with Gasteiger partial charge in [-0.25, -0.2) is 4.79 Å². The number of alkyl halides is 3. The van der Waals surface area contributed by atoms with E-state index in [9.17, 15) is 18.0 Å². The van der Waals surface area contributed by atoms with Crippen LogP contribution in [-0.4, -0.2) is 41.1 Å². The number of hydrogen-bond donors (Lipinski definition) is 0. The molecule has 10 heteroatoms. The van der Waals surface area contributed by atoms with E-state index in [2.05, 4.69) is 9.98 Å².